The predicted octanol–water partition coefficient (Wildman–Crippen LogP) is 5.37. The molecular formula is C27H32N4O4. The lowest BCUT2D eigenvalue weighted by atomic mass is 9.85. The number of benzene rings is 2. The lowest BCUT2D eigenvalue weighted by molar-refractivity contribution is -0.143. The smallest absolute Gasteiger partial charge is 0.414 e. The molecule has 1 aliphatic heterocycles. The van der Waals surface area contributed by atoms with Gasteiger partial charge in [-0.1, -0.05) is 36.8 Å². The van der Waals surface area contributed by atoms with E-state index in [1.807, 2.05) is 37.3 Å². The number of nitrogens with zero attached hydrogens (tertiary/aromatic N) is 3. The Morgan fingerprint density at radius 2 is 1.94 bits per heavy atom. The van der Waals surface area contributed by atoms with Gasteiger partial charge in [-0.15, -0.1) is 0 Å². The maximum Gasteiger partial charge on any atom is 0.414 e. The van der Waals surface area contributed by atoms with Crippen LogP contribution in [0.5, 0.6) is 0 Å². The monoisotopic (exact) mass is 476 g/mol. The van der Waals surface area contributed by atoms with Crippen LogP contribution in [0, 0.1) is 5.92 Å². The minimum absolute atomic E-state index is 0.0415. The Hall–Kier alpha value is -3.55. The molecule has 1 fully saturated rings. The van der Waals surface area contributed by atoms with Gasteiger partial charge in [-0.05, 0) is 56.7 Å². The topological polar surface area (TPSA) is 96.7 Å². The molecule has 0 bridgehead atoms. The van der Waals surface area contributed by atoms with E-state index in [-0.39, 0.29) is 24.1 Å². The van der Waals surface area contributed by atoms with Crippen LogP contribution in [0.4, 0.5) is 16.4 Å². The molecule has 35 heavy (non-hydrogen) atoms. The summed E-state index contributed by atoms with van der Waals surface area (Å²) in [7, 11) is 1.41. The van der Waals surface area contributed by atoms with Crippen LogP contribution >= 0.6 is 0 Å². The van der Waals surface area contributed by atoms with Crippen LogP contribution in [0.3, 0.4) is 0 Å². The third-order valence-corrected chi connectivity index (χ3v) is 7.48. The highest BCUT2D eigenvalue weighted by atomic mass is 16.5. The summed E-state index contributed by atoms with van der Waals surface area (Å²) in [4.78, 5) is 31.1. The Morgan fingerprint density at radius 3 is 2.69 bits per heavy atom. The van der Waals surface area contributed by atoms with Gasteiger partial charge in [-0.25, -0.2) is 9.78 Å². The maximum absolute atomic E-state index is 12.6. The molecule has 0 spiro atoms. The second-order valence-corrected chi connectivity index (χ2v) is 9.66. The van der Waals surface area contributed by atoms with Crippen LogP contribution in [-0.4, -0.2) is 39.9 Å². The fourth-order valence-electron chi connectivity index (χ4n) is 5.67. The van der Waals surface area contributed by atoms with Gasteiger partial charge in [0, 0.05) is 24.2 Å². The van der Waals surface area contributed by atoms with Crippen molar-refractivity contribution in [2.24, 2.45) is 5.92 Å². The molecular weight excluding hydrogens is 444 g/mol. The molecule has 1 amide bonds. The van der Waals surface area contributed by atoms with Crippen LogP contribution in [0.1, 0.15) is 56.2 Å². The van der Waals surface area contributed by atoms with Gasteiger partial charge >= 0.3 is 12.1 Å². The van der Waals surface area contributed by atoms with Crippen LogP contribution in [-0.2, 0) is 22.5 Å². The largest absolute Gasteiger partial charge is 0.481 e. The fourth-order valence-corrected chi connectivity index (χ4v) is 5.67. The number of methoxy groups -OCH3 is 1. The maximum atomic E-state index is 12.6. The number of imidazole rings is 1. The number of carbonyl (C=O) groups is 2. The number of anilines is 2. The number of rotatable bonds is 5. The lowest BCUT2D eigenvalue weighted by Gasteiger charge is -2.34. The lowest BCUT2D eigenvalue weighted by Crippen LogP contribution is -2.42. The number of ether oxygens (including phenoxy) is 1. The molecule has 2 aromatic carbocycles. The van der Waals surface area contributed by atoms with Crippen LogP contribution in [0.15, 0.2) is 42.5 Å². The summed E-state index contributed by atoms with van der Waals surface area (Å²) in [5.41, 5.74) is 4.88. The summed E-state index contributed by atoms with van der Waals surface area (Å²) in [5.74, 6) is -0.323. The van der Waals surface area contributed by atoms with E-state index in [0.29, 0.717) is 19.4 Å². The number of aliphatic carboxylic acids is 1. The van der Waals surface area contributed by atoms with E-state index >= 15 is 0 Å². The van der Waals surface area contributed by atoms with E-state index in [9.17, 15) is 14.7 Å². The SMILES string of the molecule is COC(=O)N1c2ccc3c(nc(NCc4ccccc4)n3[C@@H]3CCC[C@@H](C(=O)O)C3)c2CC[C@@H]1C. The van der Waals surface area contributed by atoms with Crippen molar-refractivity contribution in [3.05, 3.63) is 53.6 Å². The van der Waals surface area contributed by atoms with Crippen molar-refractivity contribution >= 4 is 34.7 Å². The number of fused-ring (bicyclic) bond motifs is 3. The van der Waals surface area contributed by atoms with Gasteiger partial charge in [-0.2, -0.15) is 0 Å². The molecule has 1 saturated carbocycles. The van der Waals surface area contributed by atoms with Crippen molar-refractivity contribution in [1.29, 1.82) is 0 Å². The Bertz CT molecular complexity index is 1240. The van der Waals surface area contributed by atoms with E-state index in [0.717, 1.165) is 59.5 Å². The first-order valence-electron chi connectivity index (χ1n) is 12.4. The normalized spacial score (nSPS) is 22.0. The number of aromatic nitrogens is 2. The molecule has 1 aliphatic carbocycles. The highest BCUT2D eigenvalue weighted by Gasteiger charge is 2.34. The zero-order valence-electron chi connectivity index (χ0n) is 20.2. The van der Waals surface area contributed by atoms with E-state index in [4.69, 9.17) is 9.72 Å². The number of amides is 1. The van der Waals surface area contributed by atoms with E-state index in [1.54, 1.807) is 4.90 Å². The van der Waals surface area contributed by atoms with E-state index in [1.165, 1.54) is 7.11 Å². The van der Waals surface area contributed by atoms with Crippen LogP contribution in [0.25, 0.3) is 11.0 Å². The Kier molecular flexibility index (Phi) is 6.36. The van der Waals surface area contributed by atoms with Crippen LogP contribution < -0.4 is 10.2 Å². The molecule has 8 heteroatoms. The molecule has 2 heterocycles. The Labute approximate surface area is 204 Å². The van der Waals surface area contributed by atoms with Crippen molar-refractivity contribution in [1.82, 2.24) is 9.55 Å². The van der Waals surface area contributed by atoms with Crippen molar-refractivity contribution < 1.29 is 19.4 Å². The van der Waals surface area contributed by atoms with Gasteiger partial charge in [0.1, 0.15) is 0 Å². The van der Waals surface area contributed by atoms with Gasteiger partial charge in [-0.3, -0.25) is 9.69 Å². The zero-order valence-corrected chi connectivity index (χ0v) is 20.2. The van der Waals surface area contributed by atoms with Gasteiger partial charge < -0.3 is 19.7 Å². The first-order chi connectivity index (χ1) is 17.0. The molecule has 0 saturated heterocycles. The Morgan fingerprint density at radius 1 is 1.14 bits per heavy atom. The summed E-state index contributed by atoms with van der Waals surface area (Å²) in [6, 6.07) is 14.2. The molecule has 184 valence electrons. The van der Waals surface area contributed by atoms with E-state index in [2.05, 4.69) is 22.0 Å². The molecule has 1 aromatic heterocycles. The number of carbonyl (C=O) groups excluding carboxylic acids is 1. The average Bonchev–Trinajstić information content (AvgIpc) is 3.26. The molecule has 3 aromatic rings. The third kappa shape index (κ3) is 4.33. The average molecular weight is 477 g/mol. The summed E-state index contributed by atoms with van der Waals surface area (Å²) in [6.07, 6.45) is 4.37. The first kappa shape index (κ1) is 23.2. The van der Waals surface area contributed by atoms with E-state index < -0.39 is 5.97 Å². The molecule has 5 rings (SSSR count). The molecule has 3 atom stereocenters. The summed E-state index contributed by atoms with van der Waals surface area (Å²) >= 11 is 0. The molecule has 2 aliphatic rings. The minimum Gasteiger partial charge on any atom is -0.481 e. The second-order valence-electron chi connectivity index (χ2n) is 9.66. The summed E-state index contributed by atoms with van der Waals surface area (Å²) in [5, 5.41) is 13.2. The number of hydrogen-bond donors (Lipinski definition) is 2. The third-order valence-electron chi connectivity index (χ3n) is 7.48. The van der Waals surface area contributed by atoms with Gasteiger partial charge in [0.05, 0.1) is 29.7 Å². The quantitative estimate of drug-likeness (QED) is 0.514. The molecule has 2 N–H and O–H groups in total. The summed E-state index contributed by atoms with van der Waals surface area (Å²) < 4.78 is 7.27. The number of nitrogens with one attached hydrogen (secondary N) is 1. The highest BCUT2D eigenvalue weighted by Crippen LogP contribution is 2.41. The first-order valence-corrected chi connectivity index (χ1v) is 12.4. The van der Waals surface area contributed by atoms with Crippen LogP contribution in [0.2, 0.25) is 0 Å². The second kappa shape index (κ2) is 9.60. The molecule has 0 radical (unpaired) electrons. The number of aryl methyl sites for hydroxylation is 1. The summed E-state index contributed by atoms with van der Waals surface area (Å²) in [6.45, 7) is 2.65. The van der Waals surface area contributed by atoms with Crippen molar-refractivity contribution in [2.45, 2.75) is 64.1 Å². The standard InChI is InChI=1S/C27H32N4O4/c1-17-11-12-21-22(30(17)27(34)35-2)13-14-23-24(21)29-26(28-16-18-7-4-3-5-8-18)31(23)20-10-6-9-19(15-20)25(32)33/h3-5,7-8,13-14,17,19-20H,6,9-12,15-16H2,1-2H3,(H,28,29)(H,32,33)/t17-,19+,20+/m0/s1. The van der Waals surface area contributed by atoms with Gasteiger partial charge in [0.25, 0.3) is 0 Å². The van der Waals surface area contributed by atoms with Crippen molar-refractivity contribution in [2.75, 3.05) is 17.3 Å². The van der Waals surface area contributed by atoms with Gasteiger partial charge in [0.2, 0.25) is 5.95 Å². The predicted molar refractivity (Wildman–Crippen MR) is 135 cm³/mol. The zero-order chi connectivity index (χ0) is 24.5. The van der Waals surface area contributed by atoms with Gasteiger partial charge in [0.15, 0.2) is 0 Å². The fraction of sp³-hybridized carbons (Fsp3) is 0.444. The minimum atomic E-state index is -0.724. The number of hydrogen-bond acceptors (Lipinski definition) is 5. The molecule has 8 nitrogen and oxygen atoms in total. The number of carboxylic acids is 1. The Balaban J connectivity index is 1.60. The van der Waals surface area contributed by atoms with Crippen molar-refractivity contribution in [3.8, 4) is 0 Å². The highest BCUT2D eigenvalue weighted by molar-refractivity contribution is 5.96. The number of carboxylic acid groups (broad SMARTS) is 1. The van der Waals surface area contributed by atoms with Crippen molar-refractivity contribution in [3.63, 3.8) is 0 Å². The molecule has 0 unspecified atom stereocenters.